The van der Waals surface area contributed by atoms with Crippen LogP contribution in [0.1, 0.15) is 0 Å². The van der Waals surface area contributed by atoms with Crippen molar-refractivity contribution in [3.8, 4) is 12.3 Å². The molecular formula is C12H13FN2O4. The first kappa shape index (κ1) is 13.5. The Morgan fingerprint density at radius 1 is 1.74 bits per heavy atom. The van der Waals surface area contributed by atoms with E-state index in [1.165, 1.54) is 11.1 Å². The van der Waals surface area contributed by atoms with E-state index in [2.05, 4.69) is 17.8 Å². The lowest BCUT2D eigenvalue weighted by molar-refractivity contribution is -0.120. The van der Waals surface area contributed by atoms with E-state index in [-0.39, 0.29) is 5.82 Å². The maximum Gasteiger partial charge on any atom is 0.250 e. The monoisotopic (exact) mass is 268 g/mol. The highest BCUT2D eigenvalue weighted by Crippen LogP contribution is 2.35. The molecule has 0 bridgehead atoms. The number of ether oxygens (including phenoxy) is 1. The highest BCUT2D eigenvalue weighted by atomic mass is 19.1. The molecule has 4 unspecified atom stereocenters. The van der Waals surface area contributed by atoms with Crippen LogP contribution in [0.4, 0.5) is 4.39 Å². The number of terminal acetylenes is 1. The van der Waals surface area contributed by atoms with Crippen LogP contribution in [-0.2, 0) is 9.53 Å². The summed E-state index contributed by atoms with van der Waals surface area (Å²) in [6.07, 6.45) is 2.81. The fourth-order valence-electron chi connectivity index (χ4n) is 1.99. The number of nitrogens with one attached hydrogen (secondary N) is 1. The lowest BCUT2D eigenvalue weighted by atomic mass is 9.98. The van der Waals surface area contributed by atoms with Crippen molar-refractivity contribution in [3.05, 3.63) is 24.7 Å². The van der Waals surface area contributed by atoms with Gasteiger partial charge in [0.2, 0.25) is 0 Å². The Kier molecular flexibility index (Phi) is 3.32. The molecule has 19 heavy (non-hydrogen) atoms. The molecule has 2 aliphatic rings. The number of nitrogens with zero attached hydrogens (tertiary/aromatic N) is 1. The molecule has 1 fully saturated rings. The summed E-state index contributed by atoms with van der Waals surface area (Å²) in [5.74, 6) is 1.76. The molecule has 102 valence electrons. The average Bonchev–Trinajstić information content (AvgIpc) is 2.64. The molecule has 3 N–H and O–H groups in total. The van der Waals surface area contributed by atoms with Crippen LogP contribution in [0, 0.1) is 12.3 Å². The lowest BCUT2D eigenvalue weighted by Crippen LogP contribution is -2.45. The van der Waals surface area contributed by atoms with E-state index in [0.29, 0.717) is 0 Å². The zero-order valence-electron chi connectivity index (χ0n) is 9.91. The molecule has 1 saturated heterocycles. The minimum absolute atomic E-state index is 0.0955. The largest absolute Gasteiger partial charge is 0.392 e. The van der Waals surface area contributed by atoms with Gasteiger partial charge in [-0.05, 0) is 0 Å². The summed E-state index contributed by atoms with van der Waals surface area (Å²) in [6.45, 7) is 2.83. The molecule has 1 amide bonds. The first-order valence-electron chi connectivity index (χ1n) is 5.50. The minimum Gasteiger partial charge on any atom is -0.392 e. The quantitative estimate of drug-likeness (QED) is 0.549. The summed E-state index contributed by atoms with van der Waals surface area (Å²) < 4.78 is 19.4. The van der Waals surface area contributed by atoms with Gasteiger partial charge < -0.3 is 25.2 Å². The number of aliphatic hydroxyl groups is 2. The van der Waals surface area contributed by atoms with E-state index >= 15 is 0 Å². The van der Waals surface area contributed by atoms with E-state index in [0.717, 1.165) is 6.08 Å². The van der Waals surface area contributed by atoms with Crippen molar-refractivity contribution >= 4 is 5.91 Å². The Labute approximate surface area is 109 Å². The van der Waals surface area contributed by atoms with Crippen LogP contribution >= 0.6 is 0 Å². The van der Waals surface area contributed by atoms with Gasteiger partial charge in [0.05, 0.1) is 6.61 Å². The molecule has 0 aromatic rings. The summed E-state index contributed by atoms with van der Waals surface area (Å²) in [6, 6.07) is 0. The van der Waals surface area contributed by atoms with Gasteiger partial charge in [-0.2, -0.15) is 0 Å². The van der Waals surface area contributed by atoms with Gasteiger partial charge in [0.15, 0.2) is 18.0 Å². The number of amides is 1. The maximum atomic E-state index is 14.1. The molecule has 2 aliphatic heterocycles. The molecule has 0 aliphatic carbocycles. The smallest absolute Gasteiger partial charge is 0.250 e. The van der Waals surface area contributed by atoms with E-state index in [1.807, 2.05) is 0 Å². The van der Waals surface area contributed by atoms with Crippen LogP contribution in [0.3, 0.4) is 0 Å². The van der Waals surface area contributed by atoms with Crippen molar-refractivity contribution in [1.29, 1.82) is 0 Å². The topological polar surface area (TPSA) is 82.0 Å². The molecule has 0 aromatic heterocycles. The normalized spacial score (nSPS) is 38.2. The Hall–Kier alpha value is -1.88. The maximum absolute atomic E-state index is 14.1. The van der Waals surface area contributed by atoms with Gasteiger partial charge in [-0.25, -0.2) is 4.39 Å². The van der Waals surface area contributed by atoms with Crippen molar-refractivity contribution in [2.75, 3.05) is 6.61 Å². The van der Waals surface area contributed by atoms with Crippen molar-refractivity contribution in [1.82, 2.24) is 10.2 Å². The molecule has 2 heterocycles. The fourth-order valence-corrected chi connectivity index (χ4v) is 1.99. The highest BCUT2D eigenvalue weighted by Gasteiger charge is 2.56. The Balaban J connectivity index is 2.28. The summed E-state index contributed by atoms with van der Waals surface area (Å²) in [5.41, 5.74) is -1.81. The van der Waals surface area contributed by atoms with E-state index < -0.39 is 36.6 Å². The summed E-state index contributed by atoms with van der Waals surface area (Å²) in [4.78, 5) is 12.3. The summed E-state index contributed by atoms with van der Waals surface area (Å²) in [5, 5.41) is 21.4. The molecule has 0 aromatic carbocycles. The van der Waals surface area contributed by atoms with Crippen LogP contribution in [0.15, 0.2) is 24.7 Å². The number of hydrogen-bond donors (Lipinski definition) is 3. The second kappa shape index (κ2) is 4.66. The van der Waals surface area contributed by atoms with Crippen LogP contribution in [0.25, 0.3) is 0 Å². The fraction of sp³-hybridized carbons (Fsp3) is 0.417. The van der Waals surface area contributed by atoms with Gasteiger partial charge in [-0.15, -0.1) is 6.42 Å². The number of hydrogen-bond acceptors (Lipinski definition) is 5. The predicted molar refractivity (Wildman–Crippen MR) is 62.7 cm³/mol. The lowest BCUT2D eigenvalue weighted by Gasteiger charge is -2.32. The third-order valence-corrected chi connectivity index (χ3v) is 3.10. The second-order valence-electron chi connectivity index (χ2n) is 4.25. The summed E-state index contributed by atoms with van der Waals surface area (Å²) >= 11 is 0. The van der Waals surface area contributed by atoms with Crippen molar-refractivity contribution in [2.45, 2.75) is 24.1 Å². The van der Waals surface area contributed by atoms with Gasteiger partial charge in [0.25, 0.3) is 5.91 Å². The van der Waals surface area contributed by atoms with Crippen LogP contribution in [-0.4, -0.2) is 51.7 Å². The summed E-state index contributed by atoms with van der Waals surface area (Å²) in [7, 11) is 0. The average molecular weight is 268 g/mol. The zero-order chi connectivity index (χ0) is 14.2. The Morgan fingerprint density at radius 3 is 2.89 bits per heavy atom. The first-order chi connectivity index (χ1) is 8.95. The SMILES string of the molecule is C#CC1(CO)OC(N2C=CC(=O)NC2=C)C(F)C1O. The van der Waals surface area contributed by atoms with Crippen molar-refractivity contribution in [3.63, 3.8) is 0 Å². The molecule has 6 nitrogen and oxygen atoms in total. The molecule has 0 saturated carbocycles. The molecular weight excluding hydrogens is 255 g/mol. The van der Waals surface area contributed by atoms with Gasteiger partial charge in [-0.1, -0.05) is 12.5 Å². The molecule has 7 heteroatoms. The molecule has 0 radical (unpaired) electrons. The van der Waals surface area contributed by atoms with E-state index in [9.17, 15) is 19.4 Å². The third kappa shape index (κ3) is 2.00. The van der Waals surface area contributed by atoms with Gasteiger partial charge in [0.1, 0.15) is 11.9 Å². The van der Waals surface area contributed by atoms with Crippen LogP contribution in [0.2, 0.25) is 0 Å². The Bertz CT molecular complexity index is 487. The molecule has 0 spiro atoms. The van der Waals surface area contributed by atoms with Gasteiger partial charge >= 0.3 is 0 Å². The van der Waals surface area contributed by atoms with Crippen molar-refractivity contribution in [2.24, 2.45) is 0 Å². The number of halogens is 1. The minimum atomic E-state index is -1.86. The zero-order valence-corrected chi connectivity index (χ0v) is 9.91. The number of carbonyl (C=O) groups is 1. The van der Waals surface area contributed by atoms with E-state index in [1.54, 1.807) is 0 Å². The van der Waals surface area contributed by atoms with Crippen LogP contribution < -0.4 is 5.32 Å². The Morgan fingerprint density at radius 2 is 2.42 bits per heavy atom. The number of carbonyl (C=O) groups excluding carboxylic acids is 1. The van der Waals surface area contributed by atoms with Gasteiger partial charge in [-0.3, -0.25) is 4.79 Å². The van der Waals surface area contributed by atoms with Gasteiger partial charge in [0, 0.05) is 12.3 Å². The highest BCUT2D eigenvalue weighted by molar-refractivity contribution is 5.89. The number of alkyl halides is 1. The standard InChI is InChI=1S/C12H13FN2O4/c1-3-12(6-16)10(18)9(13)11(19-12)15-5-4-8(17)14-7(15)2/h1,4-5,9-11,16,18H,2,6H2,(H,14,17). The second-order valence-corrected chi connectivity index (χ2v) is 4.25. The number of rotatable bonds is 2. The predicted octanol–water partition coefficient (Wildman–Crippen LogP) is -1.18. The third-order valence-electron chi connectivity index (χ3n) is 3.10. The molecule has 2 rings (SSSR count). The molecule has 4 atom stereocenters. The van der Waals surface area contributed by atoms with Crippen molar-refractivity contribution < 1.29 is 24.1 Å². The van der Waals surface area contributed by atoms with E-state index in [4.69, 9.17) is 11.2 Å². The van der Waals surface area contributed by atoms with Crippen LogP contribution in [0.5, 0.6) is 0 Å². The number of aliphatic hydroxyl groups excluding tert-OH is 2. The first-order valence-corrected chi connectivity index (χ1v) is 5.50.